The van der Waals surface area contributed by atoms with Gasteiger partial charge in [0.2, 0.25) is 0 Å². The number of aliphatic carboxylic acids is 1. The summed E-state index contributed by atoms with van der Waals surface area (Å²) in [4.78, 5) is 28.7. The van der Waals surface area contributed by atoms with E-state index in [4.69, 9.17) is 39.5 Å². The minimum atomic E-state index is -1.08. The van der Waals surface area contributed by atoms with Gasteiger partial charge in [-0.05, 0) is 42.0 Å². The Kier molecular flexibility index (Phi) is 7.38. The third-order valence-corrected chi connectivity index (χ3v) is 5.35. The maximum atomic E-state index is 12.9. The van der Waals surface area contributed by atoms with Crippen LogP contribution in [0, 0.1) is 0 Å². The number of hydrogen-bond donors (Lipinski definition) is 2. The van der Waals surface area contributed by atoms with E-state index in [0.29, 0.717) is 37.6 Å². The largest absolute Gasteiger partial charge is 0.494 e. The van der Waals surface area contributed by atoms with Crippen LogP contribution in [0.1, 0.15) is 28.5 Å². The summed E-state index contributed by atoms with van der Waals surface area (Å²) in [5, 5.41) is 13.1. The van der Waals surface area contributed by atoms with Gasteiger partial charge in [-0.25, -0.2) is 4.98 Å². The summed E-state index contributed by atoms with van der Waals surface area (Å²) in [5.74, 6) is -1.24. The molecule has 9 heteroatoms. The number of carboxylic acids is 1. The maximum Gasteiger partial charge on any atom is 0.305 e. The molecule has 1 atom stereocenters. The summed E-state index contributed by atoms with van der Waals surface area (Å²) in [6, 6.07) is 13.8. The summed E-state index contributed by atoms with van der Waals surface area (Å²) in [6.07, 6.45) is -0.346. The zero-order valence-corrected chi connectivity index (χ0v) is 18.5. The van der Waals surface area contributed by atoms with Crippen molar-refractivity contribution in [3.8, 4) is 17.0 Å². The predicted octanol–water partition coefficient (Wildman–Crippen LogP) is 5.66. The predicted molar refractivity (Wildman–Crippen MR) is 120 cm³/mol. The first kappa shape index (κ1) is 22.9. The highest BCUT2D eigenvalue weighted by Crippen LogP contribution is 2.35. The van der Waals surface area contributed by atoms with Crippen LogP contribution in [0.5, 0.6) is 5.75 Å². The fourth-order valence-electron chi connectivity index (χ4n) is 3.02. The van der Waals surface area contributed by atoms with Crippen LogP contribution in [0.15, 0.2) is 54.6 Å². The van der Waals surface area contributed by atoms with E-state index in [1.54, 1.807) is 48.5 Å². The Morgan fingerprint density at radius 1 is 1.06 bits per heavy atom. The molecule has 2 N–H and O–H groups in total. The fraction of sp³-hybridized carbons (Fsp3) is 0.136. The summed E-state index contributed by atoms with van der Waals surface area (Å²) in [6.45, 7) is 0. The minimum Gasteiger partial charge on any atom is -0.494 e. The molecule has 0 aliphatic carbocycles. The highest BCUT2D eigenvalue weighted by atomic mass is 35.5. The van der Waals surface area contributed by atoms with Crippen LogP contribution < -0.4 is 10.1 Å². The lowest BCUT2D eigenvalue weighted by Gasteiger charge is -2.19. The van der Waals surface area contributed by atoms with Gasteiger partial charge in [0, 0.05) is 15.6 Å². The van der Waals surface area contributed by atoms with Crippen molar-refractivity contribution >= 4 is 46.7 Å². The molecule has 1 heterocycles. The number of rotatable bonds is 7. The Morgan fingerprint density at radius 2 is 1.81 bits per heavy atom. The fourth-order valence-corrected chi connectivity index (χ4v) is 3.78. The number of methoxy groups -OCH3 is 1. The Bertz CT molecular complexity index is 1140. The van der Waals surface area contributed by atoms with Gasteiger partial charge in [0.1, 0.15) is 17.1 Å². The average molecular weight is 480 g/mol. The number of nitrogens with one attached hydrogen (secondary N) is 1. The molecule has 1 unspecified atom stereocenters. The van der Waals surface area contributed by atoms with Crippen LogP contribution in [0.3, 0.4) is 0 Å². The second-order valence-electron chi connectivity index (χ2n) is 6.52. The van der Waals surface area contributed by atoms with Crippen molar-refractivity contribution in [1.82, 2.24) is 10.3 Å². The molecular formula is C22H17Cl3N2O4. The van der Waals surface area contributed by atoms with Gasteiger partial charge >= 0.3 is 5.97 Å². The van der Waals surface area contributed by atoms with Gasteiger partial charge in [0.25, 0.3) is 5.91 Å². The molecular weight excluding hydrogens is 463 g/mol. The van der Waals surface area contributed by atoms with Crippen molar-refractivity contribution < 1.29 is 19.4 Å². The van der Waals surface area contributed by atoms with E-state index >= 15 is 0 Å². The quantitative estimate of drug-likeness (QED) is 0.456. The number of ether oxygens (including phenoxy) is 1. The average Bonchev–Trinajstić information content (AvgIpc) is 2.73. The maximum absolute atomic E-state index is 12.9. The van der Waals surface area contributed by atoms with Gasteiger partial charge in [-0.1, -0.05) is 53.0 Å². The number of carboxylic acid groups (broad SMARTS) is 1. The van der Waals surface area contributed by atoms with E-state index in [2.05, 4.69) is 10.3 Å². The molecule has 0 spiro atoms. The number of carbonyl (C=O) groups is 2. The molecule has 0 fully saturated rings. The number of hydrogen-bond acceptors (Lipinski definition) is 4. The van der Waals surface area contributed by atoms with Crippen molar-refractivity contribution in [2.75, 3.05) is 7.11 Å². The molecule has 6 nitrogen and oxygen atoms in total. The molecule has 31 heavy (non-hydrogen) atoms. The van der Waals surface area contributed by atoms with Crippen molar-refractivity contribution in [3.05, 3.63) is 80.9 Å². The monoisotopic (exact) mass is 478 g/mol. The van der Waals surface area contributed by atoms with Crippen LogP contribution >= 0.6 is 34.8 Å². The van der Waals surface area contributed by atoms with E-state index in [0.717, 1.165) is 0 Å². The molecule has 0 saturated heterocycles. The third-order valence-electron chi connectivity index (χ3n) is 4.46. The van der Waals surface area contributed by atoms with Gasteiger partial charge in [0.05, 0.1) is 24.6 Å². The Labute approximate surface area is 193 Å². The van der Waals surface area contributed by atoms with Gasteiger partial charge in [0.15, 0.2) is 0 Å². The Morgan fingerprint density at radius 3 is 2.45 bits per heavy atom. The van der Waals surface area contributed by atoms with E-state index < -0.39 is 17.9 Å². The lowest BCUT2D eigenvalue weighted by atomic mass is 10.0. The normalized spacial score (nSPS) is 11.6. The van der Waals surface area contributed by atoms with Gasteiger partial charge < -0.3 is 15.2 Å². The highest BCUT2D eigenvalue weighted by Gasteiger charge is 2.23. The topological polar surface area (TPSA) is 88.5 Å². The van der Waals surface area contributed by atoms with E-state index in [9.17, 15) is 14.7 Å². The van der Waals surface area contributed by atoms with Crippen LogP contribution in [0.2, 0.25) is 15.1 Å². The number of halogens is 3. The molecule has 160 valence electrons. The SMILES string of the molecule is COc1ccc(C(=O)NC(CC(=O)O)c2ccccc2Cl)nc1-c1ccc(Cl)cc1Cl. The lowest BCUT2D eigenvalue weighted by Crippen LogP contribution is -2.31. The van der Waals surface area contributed by atoms with Crippen molar-refractivity contribution in [3.63, 3.8) is 0 Å². The molecule has 0 radical (unpaired) electrons. The molecule has 0 aliphatic heterocycles. The van der Waals surface area contributed by atoms with Crippen LogP contribution in [-0.4, -0.2) is 29.1 Å². The van der Waals surface area contributed by atoms with E-state index in [-0.39, 0.29) is 12.1 Å². The Hall–Kier alpha value is -2.80. The highest BCUT2D eigenvalue weighted by molar-refractivity contribution is 6.36. The van der Waals surface area contributed by atoms with Crippen LogP contribution in [0.4, 0.5) is 0 Å². The molecule has 0 aliphatic rings. The summed E-state index contributed by atoms with van der Waals surface area (Å²) < 4.78 is 5.36. The number of amides is 1. The number of benzene rings is 2. The first-order chi connectivity index (χ1) is 14.8. The molecule has 1 aromatic heterocycles. The second-order valence-corrected chi connectivity index (χ2v) is 7.77. The smallest absolute Gasteiger partial charge is 0.305 e. The van der Waals surface area contributed by atoms with E-state index in [1.165, 1.54) is 13.2 Å². The zero-order chi connectivity index (χ0) is 22.5. The lowest BCUT2D eigenvalue weighted by molar-refractivity contribution is -0.137. The number of nitrogens with zero attached hydrogens (tertiary/aromatic N) is 1. The van der Waals surface area contributed by atoms with Crippen LogP contribution in [0.25, 0.3) is 11.3 Å². The third kappa shape index (κ3) is 5.47. The molecule has 3 rings (SSSR count). The van der Waals surface area contributed by atoms with Crippen molar-refractivity contribution in [2.24, 2.45) is 0 Å². The summed E-state index contributed by atoms with van der Waals surface area (Å²) >= 11 is 18.5. The van der Waals surface area contributed by atoms with Crippen molar-refractivity contribution in [2.45, 2.75) is 12.5 Å². The minimum absolute atomic E-state index is 0.0595. The molecule has 0 saturated carbocycles. The molecule has 1 amide bonds. The van der Waals surface area contributed by atoms with Gasteiger partial charge in [-0.15, -0.1) is 0 Å². The van der Waals surface area contributed by atoms with Crippen molar-refractivity contribution in [1.29, 1.82) is 0 Å². The van der Waals surface area contributed by atoms with Gasteiger partial charge in [-0.3, -0.25) is 9.59 Å². The van der Waals surface area contributed by atoms with E-state index in [1.807, 2.05) is 0 Å². The number of aromatic nitrogens is 1. The standard InChI is InChI=1S/C22H17Cl3N2O4/c1-31-19-9-8-17(26-21(19)14-7-6-12(23)10-16(14)25)22(30)27-18(11-20(28)29)13-4-2-3-5-15(13)24/h2-10,18H,11H2,1H3,(H,27,30)(H,28,29). The molecule has 3 aromatic rings. The van der Waals surface area contributed by atoms with Gasteiger partial charge in [-0.2, -0.15) is 0 Å². The number of pyridine rings is 1. The van der Waals surface area contributed by atoms with Crippen LogP contribution in [-0.2, 0) is 4.79 Å². The first-order valence-corrected chi connectivity index (χ1v) is 10.2. The summed E-state index contributed by atoms with van der Waals surface area (Å²) in [7, 11) is 1.48. The Balaban J connectivity index is 1.97. The second kappa shape index (κ2) is 10.0. The number of carbonyl (C=O) groups excluding carboxylic acids is 1. The first-order valence-electron chi connectivity index (χ1n) is 9.07. The molecule has 2 aromatic carbocycles. The summed E-state index contributed by atoms with van der Waals surface area (Å²) in [5.41, 5.74) is 1.44. The zero-order valence-electron chi connectivity index (χ0n) is 16.2. The molecule has 0 bridgehead atoms.